The van der Waals surface area contributed by atoms with Gasteiger partial charge < -0.3 is 0 Å². The predicted molar refractivity (Wildman–Crippen MR) is 180 cm³/mol. The van der Waals surface area contributed by atoms with Gasteiger partial charge in [-0.25, -0.2) is 0 Å². The van der Waals surface area contributed by atoms with Crippen molar-refractivity contribution in [1.82, 2.24) is 19.6 Å². The smallest absolute Gasteiger partial charge is 0.261 e. The zero-order chi connectivity index (χ0) is 35.0. The van der Waals surface area contributed by atoms with Crippen molar-refractivity contribution in [3.8, 4) is 0 Å². The first-order chi connectivity index (χ1) is 24.7. The van der Waals surface area contributed by atoms with Crippen molar-refractivity contribution in [2.45, 2.75) is 57.0 Å². The topological polar surface area (TPSA) is 150 Å². The highest BCUT2D eigenvalue weighted by molar-refractivity contribution is 6.35. The van der Waals surface area contributed by atoms with Gasteiger partial charge in [0, 0.05) is 79.1 Å². The second kappa shape index (κ2) is 10.3. The zero-order valence-electron chi connectivity index (χ0n) is 27.2. The number of carbonyl (C=O) groups excluding carboxylic acids is 8. The van der Waals surface area contributed by atoms with Crippen molar-refractivity contribution < 1.29 is 38.4 Å². The maximum Gasteiger partial charge on any atom is 0.261 e. The van der Waals surface area contributed by atoms with Gasteiger partial charge >= 0.3 is 0 Å². The first kappa shape index (κ1) is 29.8. The van der Waals surface area contributed by atoms with Crippen LogP contribution in [0.4, 0.5) is 0 Å². The Balaban J connectivity index is 1.17. The van der Waals surface area contributed by atoms with E-state index in [1.165, 1.54) is 58.3 Å². The molecule has 1 saturated carbocycles. The third-order valence-corrected chi connectivity index (χ3v) is 11.6. The Morgan fingerprint density at radius 3 is 0.863 bits per heavy atom. The molecular formula is C39H28N4O8. The molecule has 1 fully saturated rings. The van der Waals surface area contributed by atoms with Crippen LogP contribution in [-0.4, -0.2) is 92.0 Å². The van der Waals surface area contributed by atoms with Gasteiger partial charge in [-0.2, -0.15) is 0 Å². The summed E-state index contributed by atoms with van der Waals surface area (Å²) in [5.74, 6) is -4.59. The monoisotopic (exact) mass is 680 g/mol. The lowest BCUT2D eigenvalue weighted by molar-refractivity contribution is 0.0241. The number of hydrogen-bond donors (Lipinski definition) is 0. The van der Waals surface area contributed by atoms with Crippen LogP contribution < -0.4 is 0 Å². The first-order valence-electron chi connectivity index (χ1n) is 17.4. The van der Waals surface area contributed by atoms with E-state index in [1.54, 1.807) is 0 Å². The van der Waals surface area contributed by atoms with Gasteiger partial charge in [0.1, 0.15) is 0 Å². The van der Waals surface area contributed by atoms with Crippen LogP contribution in [0.2, 0.25) is 0 Å². The molecule has 0 saturated heterocycles. The minimum Gasteiger partial charge on any atom is -0.274 e. The standard InChI is InChI=1S/C39H28N4O8/c44-32-18-8-12-22-30-23-13-9-19(28(18)30)33(45)40(32)16-4-1-5-17-41-34(46)20-10-14-24-31-25(15-11-21(29(20)31)35(41)47)39(51)43(38(24)50)27-7-3-2-6-26(27)42(36(22)48)37(23)49/h8-15,26-27H,1-7,16-17H2/t26-,27-/m1/s1. The Morgan fingerprint density at radius 1 is 0.333 bits per heavy atom. The van der Waals surface area contributed by atoms with Crippen LogP contribution in [0.25, 0.3) is 21.5 Å². The van der Waals surface area contributed by atoms with E-state index < -0.39 is 59.3 Å². The molecule has 51 heavy (non-hydrogen) atoms. The van der Waals surface area contributed by atoms with E-state index in [9.17, 15) is 38.4 Å². The van der Waals surface area contributed by atoms with E-state index >= 15 is 0 Å². The van der Waals surface area contributed by atoms with Gasteiger partial charge in [-0.3, -0.25) is 58.0 Å². The summed E-state index contributed by atoms with van der Waals surface area (Å²) in [7, 11) is 0. The third-order valence-electron chi connectivity index (χ3n) is 11.6. The molecule has 19 aliphatic rings. The van der Waals surface area contributed by atoms with Crippen LogP contribution >= 0.6 is 0 Å². The highest BCUT2D eigenvalue weighted by Crippen LogP contribution is 2.43. The molecule has 23 rings (SSSR count). The molecule has 252 valence electrons. The summed E-state index contributed by atoms with van der Waals surface area (Å²) in [6.07, 6.45) is 3.30. The van der Waals surface area contributed by atoms with Crippen LogP contribution in [0.3, 0.4) is 0 Å². The molecule has 8 amide bonds. The summed E-state index contributed by atoms with van der Waals surface area (Å²) in [5, 5.41) is 1.06. The Hall–Kier alpha value is -6.04. The van der Waals surface area contributed by atoms with Crippen LogP contribution in [-0.2, 0) is 0 Å². The minimum absolute atomic E-state index is 0.102. The average Bonchev–Trinajstić information content (AvgIpc) is 3.13. The van der Waals surface area contributed by atoms with Crippen molar-refractivity contribution in [3.63, 3.8) is 0 Å². The van der Waals surface area contributed by atoms with Crippen LogP contribution in [0, 0.1) is 0 Å². The van der Waals surface area contributed by atoms with Gasteiger partial charge in [-0.1, -0.05) is 12.8 Å². The van der Waals surface area contributed by atoms with E-state index in [4.69, 9.17) is 0 Å². The van der Waals surface area contributed by atoms with Gasteiger partial charge in [0.15, 0.2) is 0 Å². The normalized spacial score (nSPS) is 22.7. The summed E-state index contributed by atoms with van der Waals surface area (Å²) in [6.45, 7) is 0.204. The van der Waals surface area contributed by atoms with E-state index in [0.29, 0.717) is 44.9 Å². The highest BCUT2D eigenvalue weighted by Gasteiger charge is 2.49. The fourth-order valence-corrected chi connectivity index (χ4v) is 9.31. The van der Waals surface area contributed by atoms with Crippen LogP contribution in [0.1, 0.15) is 128 Å². The second-order valence-electron chi connectivity index (χ2n) is 14.1. The van der Waals surface area contributed by atoms with Gasteiger partial charge in [0.05, 0.1) is 12.1 Å². The quantitative estimate of drug-likeness (QED) is 0.245. The number of imide groups is 4. The van der Waals surface area contributed by atoms with Gasteiger partial charge in [-0.05, 0) is 80.6 Å². The minimum atomic E-state index is -0.853. The van der Waals surface area contributed by atoms with Crippen molar-refractivity contribution in [2.24, 2.45) is 0 Å². The van der Waals surface area contributed by atoms with E-state index in [1.807, 2.05) is 0 Å². The largest absolute Gasteiger partial charge is 0.274 e. The number of nitrogens with zero attached hydrogens (tertiary/aromatic N) is 4. The number of benzene rings is 4. The first-order valence-corrected chi connectivity index (χ1v) is 17.4. The molecule has 0 unspecified atom stereocenters. The second-order valence-corrected chi connectivity index (χ2v) is 14.1. The number of hydrogen-bond acceptors (Lipinski definition) is 8. The lowest BCUT2D eigenvalue weighted by atomic mass is 9.81. The van der Waals surface area contributed by atoms with Gasteiger partial charge in [0.25, 0.3) is 47.3 Å². The highest BCUT2D eigenvalue weighted by atomic mass is 16.2. The Morgan fingerprint density at radius 2 is 0.588 bits per heavy atom. The average molecular weight is 681 g/mol. The summed E-state index contributed by atoms with van der Waals surface area (Å²) in [5.41, 5.74) is 1.56. The third kappa shape index (κ3) is 3.68. The number of carbonyl (C=O) groups is 8. The molecule has 0 aromatic heterocycles. The summed E-state index contributed by atoms with van der Waals surface area (Å²) >= 11 is 0. The molecule has 0 radical (unpaired) electrons. The van der Waals surface area contributed by atoms with Gasteiger partial charge in [0.2, 0.25) is 0 Å². The van der Waals surface area contributed by atoms with E-state index in [2.05, 4.69) is 0 Å². The molecule has 0 spiro atoms. The van der Waals surface area contributed by atoms with Crippen molar-refractivity contribution in [3.05, 3.63) is 93.0 Å². The van der Waals surface area contributed by atoms with Crippen molar-refractivity contribution in [1.29, 1.82) is 0 Å². The maximum atomic E-state index is 14.4. The number of amides is 8. The lowest BCUT2D eigenvalue weighted by Crippen LogP contribution is -2.61. The van der Waals surface area contributed by atoms with Crippen molar-refractivity contribution in [2.75, 3.05) is 13.1 Å². The molecule has 4 aromatic carbocycles. The molecule has 4 aromatic rings. The molecule has 12 nitrogen and oxygen atoms in total. The predicted octanol–water partition coefficient (Wildman–Crippen LogP) is 4.57. The molecule has 1 aliphatic carbocycles. The Labute approximate surface area is 289 Å². The maximum absolute atomic E-state index is 14.4. The molecule has 18 heterocycles. The Kier molecular flexibility index (Phi) is 6.00. The van der Waals surface area contributed by atoms with Crippen LogP contribution in [0.15, 0.2) is 48.5 Å². The summed E-state index contributed by atoms with van der Waals surface area (Å²) in [6, 6.07) is 10.5. The fourth-order valence-electron chi connectivity index (χ4n) is 9.31. The lowest BCUT2D eigenvalue weighted by Gasteiger charge is -2.45. The van der Waals surface area contributed by atoms with E-state index in [0.717, 1.165) is 9.80 Å². The molecule has 2 atom stereocenters. The number of rotatable bonds is 0. The molecule has 12 heteroatoms. The molecule has 16 bridgehead atoms. The van der Waals surface area contributed by atoms with Crippen LogP contribution in [0.5, 0.6) is 0 Å². The SMILES string of the molecule is O=C1c2ccc3c4c5ccc(c24)C(=O)N1CCCCCN1C(=O)c2ccc4c6c(ccc(c26)C1=O)C(=O)N(C4=O)[C@@H]1CCCC[C@H]1N(C3=O)C5=O. The summed E-state index contributed by atoms with van der Waals surface area (Å²) in [4.78, 5) is 117. The zero-order valence-corrected chi connectivity index (χ0v) is 27.2. The van der Waals surface area contributed by atoms with Gasteiger partial charge in [-0.15, -0.1) is 0 Å². The molecule has 0 N–H and O–H groups in total. The Bertz CT molecular complexity index is 2160. The molecular weight excluding hydrogens is 652 g/mol. The summed E-state index contributed by atoms with van der Waals surface area (Å²) < 4.78 is 0. The van der Waals surface area contributed by atoms with E-state index in [-0.39, 0.29) is 79.1 Å². The van der Waals surface area contributed by atoms with Crippen molar-refractivity contribution >= 4 is 68.8 Å². The fraction of sp³-hybridized carbons (Fsp3) is 0.282. The molecule has 18 aliphatic heterocycles.